The molecule has 5 heteroatoms. The summed E-state index contributed by atoms with van der Waals surface area (Å²) in [7, 11) is 0. The number of hydrogen-bond donors (Lipinski definition) is 1. The van der Waals surface area contributed by atoms with Crippen LogP contribution in [0.25, 0.3) is 0 Å². The van der Waals surface area contributed by atoms with Gasteiger partial charge in [-0.2, -0.15) is 0 Å². The molecule has 0 radical (unpaired) electrons. The van der Waals surface area contributed by atoms with Crippen LogP contribution in [0, 0.1) is 0 Å². The highest BCUT2D eigenvalue weighted by Gasteiger charge is 2.17. The smallest absolute Gasteiger partial charge is 0.315 e. The fourth-order valence-electron chi connectivity index (χ4n) is 1.46. The number of amides is 1. The van der Waals surface area contributed by atoms with E-state index in [1.165, 1.54) is 0 Å². The number of hydrogen-bond acceptors (Lipinski definition) is 4. The van der Waals surface area contributed by atoms with E-state index in [0.29, 0.717) is 19.8 Å². The molecule has 86 valence electrons. The average Bonchev–Trinajstić information content (AvgIpc) is 2.19. The molecule has 0 aliphatic carbocycles. The second-order valence-corrected chi connectivity index (χ2v) is 3.44. The highest BCUT2D eigenvalue weighted by molar-refractivity contribution is 5.94. The standard InChI is InChI=1S/C10H17NO4/c1-2-15-10(13)7-9(12)11-8-3-5-14-6-4-8/h8H,2-7H2,1H3,(H,11,12). The Balaban J connectivity index is 2.19. The summed E-state index contributed by atoms with van der Waals surface area (Å²) in [5.41, 5.74) is 0. The lowest BCUT2D eigenvalue weighted by Crippen LogP contribution is -2.39. The first-order chi connectivity index (χ1) is 7.22. The van der Waals surface area contributed by atoms with Crippen molar-refractivity contribution in [2.24, 2.45) is 0 Å². The number of carbonyl (C=O) groups is 2. The minimum Gasteiger partial charge on any atom is -0.466 e. The molecule has 1 fully saturated rings. The van der Waals surface area contributed by atoms with E-state index in [9.17, 15) is 9.59 Å². The Morgan fingerprint density at radius 2 is 2.07 bits per heavy atom. The fourth-order valence-corrected chi connectivity index (χ4v) is 1.46. The van der Waals surface area contributed by atoms with Crippen molar-refractivity contribution in [2.75, 3.05) is 19.8 Å². The Labute approximate surface area is 89.1 Å². The molecule has 0 spiro atoms. The second-order valence-electron chi connectivity index (χ2n) is 3.44. The van der Waals surface area contributed by atoms with E-state index in [1.807, 2.05) is 0 Å². The number of nitrogens with one attached hydrogen (secondary N) is 1. The summed E-state index contributed by atoms with van der Waals surface area (Å²) in [6, 6.07) is 0.140. The summed E-state index contributed by atoms with van der Waals surface area (Å²) in [6.45, 7) is 3.37. The molecule has 0 atom stereocenters. The van der Waals surface area contributed by atoms with Crippen molar-refractivity contribution in [1.82, 2.24) is 5.32 Å². The summed E-state index contributed by atoms with van der Waals surface area (Å²) >= 11 is 0. The van der Waals surface area contributed by atoms with Gasteiger partial charge in [0.15, 0.2) is 0 Å². The summed E-state index contributed by atoms with van der Waals surface area (Å²) in [5, 5.41) is 2.79. The van der Waals surface area contributed by atoms with Gasteiger partial charge in [0.2, 0.25) is 5.91 Å². The maximum Gasteiger partial charge on any atom is 0.315 e. The molecule has 0 aromatic heterocycles. The van der Waals surface area contributed by atoms with E-state index in [-0.39, 0.29) is 18.4 Å². The lowest BCUT2D eigenvalue weighted by Gasteiger charge is -2.22. The summed E-state index contributed by atoms with van der Waals surface area (Å²) in [6.07, 6.45) is 1.44. The third kappa shape index (κ3) is 4.78. The van der Waals surface area contributed by atoms with Crippen LogP contribution in [0.15, 0.2) is 0 Å². The van der Waals surface area contributed by atoms with E-state index in [1.54, 1.807) is 6.92 Å². The molecule has 5 nitrogen and oxygen atoms in total. The van der Waals surface area contributed by atoms with Gasteiger partial charge in [0.25, 0.3) is 0 Å². The van der Waals surface area contributed by atoms with Gasteiger partial charge in [-0.15, -0.1) is 0 Å². The zero-order chi connectivity index (χ0) is 11.1. The van der Waals surface area contributed by atoms with Crippen LogP contribution in [0.5, 0.6) is 0 Å². The minimum atomic E-state index is -0.470. The van der Waals surface area contributed by atoms with Crippen molar-refractivity contribution >= 4 is 11.9 Å². The Morgan fingerprint density at radius 3 is 2.67 bits per heavy atom. The minimum absolute atomic E-state index is 0.140. The lowest BCUT2D eigenvalue weighted by molar-refractivity contribution is -0.146. The van der Waals surface area contributed by atoms with E-state index in [2.05, 4.69) is 10.1 Å². The molecular weight excluding hydrogens is 198 g/mol. The van der Waals surface area contributed by atoms with Crippen molar-refractivity contribution in [3.8, 4) is 0 Å². The highest BCUT2D eigenvalue weighted by atomic mass is 16.5. The molecule has 0 saturated carbocycles. The largest absolute Gasteiger partial charge is 0.466 e. The molecule has 1 rings (SSSR count). The van der Waals surface area contributed by atoms with Crippen LogP contribution in [0.3, 0.4) is 0 Å². The zero-order valence-corrected chi connectivity index (χ0v) is 8.95. The van der Waals surface area contributed by atoms with Crippen molar-refractivity contribution in [3.63, 3.8) is 0 Å². The van der Waals surface area contributed by atoms with Crippen molar-refractivity contribution in [1.29, 1.82) is 0 Å². The van der Waals surface area contributed by atoms with E-state index >= 15 is 0 Å². The molecule has 1 amide bonds. The van der Waals surface area contributed by atoms with Gasteiger partial charge in [0.05, 0.1) is 6.61 Å². The zero-order valence-electron chi connectivity index (χ0n) is 8.95. The Hall–Kier alpha value is -1.10. The van der Waals surface area contributed by atoms with Crippen LogP contribution in [0.1, 0.15) is 26.2 Å². The number of rotatable bonds is 4. The van der Waals surface area contributed by atoms with Gasteiger partial charge in [0, 0.05) is 19.3 Å². The van der Waals surface area contributed by atoms with Gasteiger partial charge in [-0.25, -0.2) is 0 Å². The molecule has 0 aromatic carbocycles. The predicted molar refractivity (Wildman–Crippen MR) is 53.2 cm³/mol. The molecular formula is C10H17NO4. The third-order valence-electron chi connectivity index (χ3n) is 2.20. The monoisotopic (exact) mass is 215 g/mol. The van der Waals surface area contributed by atoms with E-state index in [4.69, 9.17) is 4.74 Å². The second kappa shape index (κ2) is 6.40. The summed E-state index contributed by atoms with van der Waals surface area (Å²) in [5.74, 6) is -0.734. The van der Waals surface area contributed by atoms with Crippen LogP contribution in [-0.2, 0) is 19.1 Å². The van der Waals surface area contributed by atoms with Gasteiger partial charge in [-0.1, -0.05) is 0 Å². The molecule has 0 aromatic rings. The van der Waals surface area contributed by atoms with Crippen molar-refractivity contribution in [2.45, 2.75) is 32.2 Å². The number of carbonyl (C=O) groups excluding carboxylic acids is 2. The molecule has 1 N–H and O–H groups in total. The first-order valence-corrected chi connectivity index (χ1v) is 5.25. The van der Waals surface area contributed by atoms with E-state index in [0.717, 1.165) is 12.8 Å². The maximum absolute atomic E-state index is 11.3. The SMILES string of the molecule is CCOC(=O)CC(=O)NC1CCOCC1. The average molecular weight is 215 g/mol. The molecule has 1 saturated heterocycles. The molecule has 15 heavy (non-hydrogen) atoms. The van der Waals surface area contributed by atoms with Crippen molar-refractivity contribution < 1.29 is 19.1 Å². The Morgan fingerprint density at radius 1 is 1.40 bits per heavy atom. The van der Waals surface area contributed by atoms with Crippen LogP contribution in [0.4, 0.5) is 0 Å². The molecule has 1 aliphatic heterocycles. The van der Waals surface area contributed by atoms with Gasteiger partial charge in [0.1, 0.15) is 6.42 Å². The Kier molecular flexibility index (Phi) is 5.10. The first-order valence-electron chi connectivity index (χ1n) is 5.25. The number of esters is 1. The van der Waals surface area contributed by atoms with Crippen LogP contribution < -0.4 is 5.32 Å². The molecule has 0 unspecified atom stereocenters. The van der Waals surface area contributed by atoms with Crippen LogP contribution >= 0.6 is 0 Å². The first kappa shape index (κ1) is 12.0. The summed E-state index contributed by atoms with van der Waals surface area (Å²) < 4.78 is 9.84. The fraction of sp³-hybridized carbons (Fsp3) is 0.800. The third-order valence-corrected chi connectivity index (χ3v) is 2.20. The predicted octanol–water partition coefficient (Wildman–Crippen LogP) is 0.235. The molecule has 1 aliphatic rings. The van der Waals surface area contributed by atoms with Crippen molar-refractivity contribution in [3.05, 3.63) is 0 Å². The maximum atomic E-state index is 11.3. The van der Waals surface area contributed by atoms with Crippen LogP contribution in [-0.4, -0.2) is 37.7 Å². The van der Waals surface area contributed by atoms with Crippen LogP contribution in [0.2, 0.25) is 0 Å². The molecule has 1 heterocycles. The van der Waals surface area contributed by atoms with E-state index < -0.39 is 5.97 Å². The lowest BCUT2D eigenvalue weighted by atomic mass is 10.1. The quantitative estimate of drug-likeness (QED) is 0.538. The topological polar surface area (TPSA) is 64.6 Å². The summed E-state index contributed by atoms with van der Waals surface area (Å²) in [4.78, 5) is 22.3. The van der Waals surface area contributed by atoms with Gasteiger partial charge in [-0.3, -0.25) is 9.59 Å². The van der Waals surface area contributed by atoms with Gasteiger partial charge in [-0.05, 0) is 19.8 Å². The van der Waals surface area contributed by atoms with Gasteiger partial charge >= 0.3 is 5.97 Å². The number of ether oxygens (including phenoxy) is 2. The molecule has 0 bridgehead atoms. The Bertz CT molecular complexity index is 223. The van der Waals surface area contributed by atoms with Gasteiger partial charge < -0.3 is 14.8 Å². The normalized spacial score (nSPS) is 17.1. The highest BCUT2D eigenvalue weighted by Crippen LogP contribution is 2.06.